The lowest BCUT2D eigenvalue weighted by atomic mass is 10.1. The topological polar surface area (TPSA) is 71.3 Å². The molecule has 0 radical (unpaired) electrons. The Hall–Kier alpha value is -3.08. The van der Waals surface area contributed by atoms with E-state index in [-0.39, 0.29) is 18.2 Å². The van der Waals surface area contributed by atoms with E-state index in [2.05, 4.69) is 23.6 Å². The van der Waals surface area contributed by atoms with Crippen molar-refractivity contribution in [1.29, 1.82) is 0 Å². The molecule has 1 saturated carbocycles. The second kappa shape index (κ2) is 7.27. The van der Waals surface area contributed by atoms with Gasteiger partial charge in [0, 0.05) is 28.2 Å². The van der Waals surface area contributed by atoms with Crippen LogP contribution in [-0.2, 0) is 17.6 Å². The van der Waals surface area contributed by atoms with Crippen molar-refractivity contribution < 1.29 is 14.0 Å². The summed E-state index contributed by atoms with van der Waals surface area (Å²) >= 11 is 0. The normalized spacial score (nSPS) is 13.5. The van der Waals surface area contributed by atoms with E-state index in [9.17, 15) is 9.59 Å². The smallest absolute Gasteiger partial charge is 0.251 e. The van der Waals surface area contributed by atoms with Crippen LogP contribution >= 0.6 is 0 Å². The highest BCUT2D eigenvalue weighted by molar-refractivity contribution is 5.98. The maximum atomic E-state index is 12.5. The molecule has 0 unspecified atom stereocenters. The predicted octanol–water partition coefficient (Wildman–Crippen LogP) is 4.07. The molecule has 5 heteroatoms. The summed E-state index contributed by atoms with van der Waals surface area (Å²) in [7, 11) is 0. The predicted molar refractivity (Wildman–Crippen MR) is 105 cm³/mol. The summed E-state index contributed by atoms with van der Waals surface area (Å²) in [4.78, 5) is 24.6. The fourth-order valence-corrected chi connectivity index (χ4v) is 3.10. The summed E-state index contributed by atoms with van der Waals surface area (Å²) in [6.45, 7) is 2.09. The summed E-state index contributed by atoms with van der Waals surface area (Å²) in [5.41, 5.74) is 4.03. The number of fused-ring (bicyclic) bond motifs is 1. The second-order valence-corrected chi connectivity index (χ2v) is 7.00. The fraction of sp³-hybridized carbons (Fsp3) is 0.273. The lowest BCUT2D eigenvalue weighted by Crippen LogP contribution is -2.25. The number of hydrogen-bond donors (Lipinski definition) is 2. The lowest BCUT2D eigenvalue weighted by Gasteiger charge is -2.08. The zero-order valence-electron chi connectivity index (χ0n) is 15.2. The number of hydrogen-bond acceptors (Lipinski definition) is 3. The van der Waals surface area contributed by atoms with Gasteiger partial charge in [-0.05, 0) is 49.1 Å². The van der Waals surface area contributed by atoms with Crippen LogP contribution in [0.4, 0.5) is 5.69 Å². The molecule has 1 aliphatic rings. The van der Waals surface area contributed by atoms with E-state index in [0.717, 1.165) is 35.8 Å². The van der Waals surface area contributed by atoms with Crippen molar-refractivity contribution in [2.24, 2.45) is 0 Å². The number of carbonyl (C=O) groups excluding carboxylic acids is 2. The number of nitrogens with one attached hydrogen (secondary N) is 2. The number of rotatable bonds is 6. The first kappa shape index (κ1) is 17.3. The Morgan fingerprint density at radius 2 is 2.00 bits per heavy atom. The van der Waals surface area contributed by atoms with Gasteiger partial charge >= 0.3 is 0 Å². The Morgan fingerprint density at radius 3 is 2.78 bits per heavy atom. The Bertz CT molecular complexity index is 1000. The summed E-state index contributed by atoms with van der Waals surface area (Å²) in [6, 6.07) is 13.4. The molecule has 0 saturated heterocycles. The highest BCUT2D eigenvalue weighted by atomic mass is 16.3. The minimum Gasteiger partial charge on any atom is -0.464 e. The van der Waals surface area contributed by atoms with Crippen molar-refractivity contribution in [1.82, 2.24) is 5.32 Å². The van der Waals surface area contributed by atoms with Gasteiger partial charge in [0.2, 0.25) is 5.91 Å². The molecule has 0 spiro atoms. The third-order valence-electron chi connectivity index (χ3n) is 4.80. The van der Waals surface area contributed by atoms with Crippen LogP contribution in [-0.4, -0.2) is 17.9 Å². The zero-order valence-corrected chi connectivity index (χ0v) is 15.2. The monoisotopic (exact) mass is 362 g/mol. The molecular weight excluding hydrogens is 340 g/mol. The standard InChI is InChI=1S/C22H22N2O3/c1-2-14-6-9-19-16(13-27-20(19)10-14)12-21(25)23-18-5-3-4-15(11-18)22(26)24-17-7-8-17/h3-6,9-11,13,17H,2,7-8,12H2,1H3,(H,23,25)(H,24,26). The van der Waals surface area contributed by atoms with E-state index in [1.807, 2.05) is 12.1 Å². The van der Waals surface area contributed by atoms with Crippen molar-refractivity contribution in [2.45, 2.75) is 38.6 Å². The maximum Gasteiger partial charge on any atom is 0.251 e. The van der Waals surface area contributed by atoms with Gasteiger partial charge in [-0.3, -0.25) is 9.59 Å². The molecule has 27 heavy (non-hydrogen) atoms. The summed E-state index contributed by atoms with van der Waals surface area (Å²) < 4.78 is 5.60. The van der Waals surface area contributed by atoms with E-state index >= 15 is 0 Å². The van der Waals surface area contributed by atoms with Gasteiger partial charge in [0.15, 0.2) is 0 Å². The molecule has 0 bridgehead atoms. The molecule has 1 fully saturated rings. The Balaban J connectivity index is 1.44. The number of carbonyl (C=O) groups is 2. The third kappa shape index (κ3) is 4.03. The fourth-order valence-electron chi connectivity index (χ4n) is 3.10. The van der Waals surface area contributed by atoms with Gasteiger partial charge < -0.3 is 15.1 Å². The molecule has 3 aromatic rings. The van der Waals surface area contributed by atoms with Crippen molar-refractivity contribution in [3.8, 4) is 0 Å². The minimum atomic E-state index is -0.142. The number of anilines is 1. The van der Waals surface area contributed by atoms with Crippen LogP contribution in [0.1, 0.15) is 41.3 Å². The van der Waals surface area contributed by atoms with Crippen LogP contribution in [0.5, 0.6) is 0 Å². The van der Waals surface area contributed by atoms with E-state index in [0.29, 0.717) is 17.3 Å². The number of benzene rings is 2. The average molecular weight is 362 g/mol. The summed E-state index contributed by atoms with van der Waals surface area (Å²) in [5, 5.41) is 6.78. The van der Waals surface area contributed by atoms with Crippen LogP contribution in [0, 0.1) is 0 Å². The Labute approximate surface area is 157 Å². The summed E-state index contributed by atoms with van der Waals surface area (Å²) in [6.07, 6.45) is 4.89. The van der Waals surface area contributed by atoms with Gasteiger partial charge in [0.1, 0.15) is 5.58 Å². The van der Waals surface area contributed by atoms with Gasteiger partial charge in [-0.25, -0.2) is 0 Å². The number of amides is 2. The van der Waals surface area contributed by atoms with Crippen LogP contribution in [0.2, 0.25) is 0 Å². The van der Waals surface area contributed by atoms with Crippen LogP contribution < -0.4 is 10.6 Å². The minimum absolute atomic E-state index is 0.0962. The SMILES string of the molecule is CCc1ccc2c(CC(=O)Nc3cccc(C(=O)NC4CC4)c3)coc2c1. The van der Waals surface area contributed by atoms with Crippen molar-refractivity contribution >= 4 is 28.5 Å². The van der Waals surface area contributed by atoms with E-state index < -0.39 is 0 Å². The van der Waals surface area contributed by atoms with E-state index in [1.54, 1.807) is 30.5 Å². The third-order valence-corrected chi connectivity index (χ3v) is 4.80. The highest BCUT2D eigenvalue weighted by Crippen LogP contribution is 2.24. The lowest BCUT2D eigenvalue weighted by molar-refractivity contribution is -0.115. The molecule has 0 atom stereocenters. The largest absolute Gasteiger partial charge is 0.464 e. The van der Waals surface area contributed by atoms with Gasteiger partial charge in [-0.15, -0.1) is 0 Å². The van der Waals surface area contributed by atoms with E-state index in [1.165, 1.54) is 5.56 Å². The molecule has 1 heterocycles. The average Bonchev–Trinajstić information content (AvgIpc) is 3.41. The zero-order chi connectivity index (χ0) is 18.8. The summed E-state index contributed by atoms with van der Waals surface area (Å²) in [5.74, 6) is -0.238. The number of furan rings is 1. The quantitative estimate of drug-likeness (QED) is 0.694. The maximum absolute atomic E-state index is 12.5. The van der Waals surface area contributed by atoms with Crippen LogP contribution in [0.3, 0.4) is 0 Å². The second-order valence-electron chi connectivity index (χ2n) is 7.00. The van der Waals surface area contributed by atoms with Gasteiger partial charge in [-0.1, -0.05) is 25.1 Å². The Morgan fingerprint density at radius 1 is 1.15 bits per heavy atom. The first-order valence-corrected chi connectivity index (χ1v) is 9.32. The van der Waals surface area contributed by atoms with Gasteiger partial charge in [-0.2, -0.15) is 0 Å². The highest BCUT2D eigenvalue weighted by Gasteiger charge is 2.23. The van der Waals surface area contributed by atoms with Gasteiger partial charge in [0.25, 0.3) is 5.91 Å². The molecule has 2 aromatic carbocycles. The van der Waals surface area contributed by atoms with Crippen molar-refractivity contribution in [2.75, 3.05) is 5.32 Å². The molecule has 138 valence electrons. The van der Waals surface area contributed by atoms with Crippen molar-refractivity contribution in [3.05, 3.63) is 65.4 Å². The molecule has 2 N–H and O–H groups in total. The van der Waals surface area contributed by atoms with Gasteiger partial charge in [0.05, 0.1) is 12.7 Å². The molecule has 1 aromatic heterocycles. The first-order chi connectivity index (χ1) is 13.1. The van der Waals surface area contributed by atoms with Crippen LogP contribution in [0.25, 0.3) is 11.0 Å². The molecule has 5 nitrogen and oxygen atoms in total. The number of aryl methyl sites for hydroxylation is 1. The first-order valence-electron chi connectivity index (χ1n) is 9.32. The van der Waals surface area contributed by atoms with Crippen LogP contribution in [0.15, 0.2) is 53.1 Å². The molecule has 2 amide bonds. The Kier molecular flexibility index (Phi) is 4.67. The molecular formula is C22H22N2O3. The molecule has 4 rings (SSSR count). The van der Waals surface area contributed by atoms with E-state index in [4.69, 9.17) is 4.42 Å². The molecule has 0 aliphatic heterocycles. The van der Waals surface area contributed by atoms with Crippen molar-refractivity contribution in [3.63, 3.8) is 0 Å². The molecule has 1 aliphatic carbocycles.